The topological polar surface area (TPSA) is 75.4 Å². The second kappa shape index (κ2) is 6.48. The predicted octanol–water partition coefficient (Wildman–Crippen LogP) is 1.57. The number of nitrogens with one attached hydrogen (secondary N) is 1. The third kappa shape index (κ3) is 3.47. The number of carbonyl (C=O) groups is 2. The number of hydrogen-bond acceptors (Lipinski definition) is 4. The Labute approximate surface area is 130 Å². The van der Waals surface area contributed by atoms with Gasteiger partial charge in [-0.2, -0.15) is 0 Å². The molecule has 118 valence electrons. The van der Waals surface area contributed by atoms with E-state index in [0.29, 0.717) is 17.3 Å². The summed E-state index contributed by atoms with van der Waals surface area (Å²) in [6.07, 6.45) is 4.87. The van der Waals surface area contributed by atoms with Gasteiger partial charge >= 0.3 is 0 Å². The Hall–Kier alpha value is -1.88. The van der Waals surface area contributed by atoms with Gasteiger partial charge in [0.1, 0.15) is 0 Å². The van der Waals surface area contributed by atoms with Gasteiger partial charge in [-0.1, -0.05) is 12.1 Å². The molecule has 1 amide bonds. The molecule has 1 aromatic rings. The highest BCUT2D eigenvalue weighted by Crippen LogP contribution is 2.24. The number of hydrogen-bond donors (Lipinski definition) is 2. The highest BCUT2D eigenvalue weighted by molar-refractivity contribution is 5.85. The summed E-state index contributed by atoms with van der Waals surface area (Å²) in [6, 6.07) is 6.02. The molecule has 22 heavy (non-hydrogen) atoms. The smallest absolute Gasteiger partial charge is 0.223 e. The number of aldehydes is 1. The van der Waals surface area contributed by atoms with Crippen LogP contribution in [-0.2, 0) is 11.3 Å². The number of nitrogens with two attached hydrogens (primary N) is 1. The molecule has 1 aromatic carbocycles. The summed E-state index contributed by atoms with van der Waals surface area (Å²) in [4.78, 5) is 25.5. The third-order valence-corrected chi connectivity index (χ3v) is 4.62. The molecular weight excluding hydrogens is 278 g/mol. The molecule has 1 heterocycles. The van der Waals surface area contributed by atoms with Gasteiger partial charge in [-0.05, 0) is 50.4 Å². The van der Waals surface area contributed by atoms with Gasteiger partial charge < -0.3 is 11.1 Å². The molecule has 0 radical (unpaired) electrons. The molecule has 0 unspecified atom stereocenters. The quantitative estimate of drug-likeness (QED) is 0.639. The summed E-state index contributed by atoms with van der Waals surface area (Å²) in [6.45, 7) is 2.49. The number of carbonyl (C=O) groups excluding carboxylic acids is 2. The van der Waals surface area contributed by atoms with Crippen LogP contribution in [0.15, 0.2) is 18.2 Å². The van der Waals surface area contributed by atoms with Crippen molar-refractivity contribution in [3.63, 3.8) is 0 Å². The lowest BCUT2D eigenvalue weighted by molar-refractivity contribution is -0.126. The van der Waals surface area contributed by atoms with Crippen molar-refractivity contribution in [2.75, 3.05) is 18.8 Å². The lowest BCUT2D eigenvalue weighted by atomic mass is 9.95. The van der Waals surface area contributed by atoms with E-state index in [9.17, 15) is 9.59 Å². The molecule has 1 saturated carbocycles. The van der Waals surface area contributed by atoms with Gasteiger partial charge in [-0.25, -0.2) is 0 Å². The molecule has 3 rings (SSSR count). The van der Waals surface area contributed by atoms with Crippen molar-refractivity contribution in [1.82, 2.24) is 10.2 Å². The fourth-order valence-electron chi connectivity index (χ4n) is 3.06. The molecule has 0 bridgehead atoms. The maximum absolute atomic E-state index is 12.1. The SMILES string of the molecule is Nc1cccc(CN2CCC(C(=O)NC3CC3)CC2)c1C=O. The largest absolute Gasteiger partial charge is 0.398 e. The average molecular weight is 301 g/mol. The van der Waals surface area contributed by atoms with Crippen LogP contribution < -0.4 is 11.1 Å². The normalized spacial score (nSPS) is 19.8. The molecule has 0 atom stereocenters. The Bertz CT molecular complexity index is 561. The molecule has 5 nitrogen and oxygen atoms in total. The Morgan fingerprint density at radius 1 is 1.27 bits per heavy atom. The minimum Gasteiger partial charge on any atom is -0.398 e. The molecule has 2 fully saturated rings. The van der Waals surface area contributed by atoms with Gasteiger partial charge in [-0.3, -0.25) is 14.5 Å². The fraction of sp³-hybridized carbons (Fsp3) is 0.529. The van der Waals surface area contributed by atoms with E-state index in [1.807, 2.05) is 12.1 Å². The number of nitrogen functional groups attached to an aromatic ring is 1. The summed E-state index contributed by atoms with van der Waals surface area (Å²) in [5.74, 6) is 0.364. The van der Waals surface area contributed by atoms with E-state index in [4.69, 9.17) is 5.73 Å². The first kappa shape index (κ1) is 15.0. The van der Waals surface area contributed by atoms with Gasteiger partial charge in [-0.15, -0.1) is 0 Å². The molecule has 5 heteroatoms. The van der Waals surface area contributed by atoms with Crippen LogP contribution in [0.1, 0.15) is 41.6 Å². The predicted molar refractivity (Wildman–Crippen MR) is 85.4 cm³/mol. The van der Waals surface area contributed by atoms with Crippen LogP contribution in [0.3, 0.4) is 0 Å². The third-order valence-electron chi connectivity index (χ3n) is 4.62. The Kier molecular flexibility index (Phi) is 4.43. The Morgan fingerprint density at radius 3 is 2.64 bits per heavy atom. The van der Waals surface area contributed by atoms with E-state index in [2.05, 4.69) is 10.2 Å². The van der Waals surface area contributed by atoms with Crippen molar-refractivity contribution in [2.45, 2.75) is 38.3 Å². The number of amides is 1. The maximum atomic E-state index is 12.1. The Balaban J connectivity index is 1.54. The van der Waals surface area contributed by atoms with Gasteiger partial charge in [0.2, 0.25) is 5.91 Å². The summed E-state index contributed by atoms with van der Waals surface area (Å²) in [5.41, 5.74) is 7.94. The number of likely N-dealkylation sites (tertiary alicyclic amines) is 1. The van der Waals surface area contributed by atoms with Crippen LogP contribution in [0.2, 0.25) is 0 Å². The zero-order valence-electron chi connectivity index (χ0n) is 12.8. The number of nitrogens with zero attached hydrogens (tertiary/aromatic N) is 1. The molecule has 3 N–H and O–H groups in total. The number of anilines is 1. The minimum absolute atomic E-state index is 0.142. The van der Waals surface area contributed by atoms with Crippen LogP contribution in [0.25, 0.3) is 0 Å². The molecular formula is C17H23N3O2. The zero-order valence-corrected chi connectivity index (χ0v) is 12.8. The highest BCUT2D eigenvalue weighted by Gasteiger charge is 2.30. The zero-order chi connectivity index (χ0) is 15.5. The lowest BCUT2D eigenvalue weighted by Gasteiger charge is -2.31. The number of benzene rings is 1. The molecule has 1 aliphatic carbocycles. The van der Waals surface area contributed by atoms with Gasteiger partial charge in [0.25, 0.3) is 0 Å². The number of rotatable bonds is 5. The van der Waals surface area contributed by atoms with Crippen LogP contribution in [-0.4, -0.2) is 36.2 Å². The highest BCUT2D eigenvalue weighted by atomic mass is 16.2. The fourth-order valence-corrected chi connectivity index (χ4v) is 3.06. The van der Waals surface area contributed by atoms with E-state index < -0.39 is 0 Å². The second-order valence-corrected chi connectivity index (χ2v) is 6.37. The van der Waals surface area contributed by atoms with Crippen LogP contribution >= 0.6 is 0 Å². The molecule has 1 aliphatic heterocycles. The van der Waals surface area contributed by atoms with Crippen molar-refractivity contribution < 1.29 is 9.59 Å². The second-order valence-electron chi connectivity index (χ2n) is 6.37. The van der Waals surface area contributed by atoms with E-state index in [1.165, 1.54) is 0 Å². The summed E-state index contributed by atoms with van der Waals surface area (Å²) >= 11 is 0. The summed E-state index contributed by atoms with van der Waals surface area (Å²) in [5, 5.41) is 3.09. The van der Waals surface area contributed by atoms with Crippen LogP contribution in [0.4, 0.5) is 5.69 Å². The van der Waals surface area contributed by atoms with Crippen molar-refractivity contribution in [1.29, 1.82) is 0 Å². The molecule has 0 spiro atoms. The van der Waals surface area contributed by atoms with Gasteiger partial charge in [0, 0.05) is 29.8 Å². The standard InChI is InChI=1S/C17H23N3O2/c18-16-3-1-2-13(15(16)11-21)10-20-8-6-12(7-9-20)17(22)19-14-4-5-14/h1-3,11-12,14H,4-10,18H2,(H,19,22). The molecule has 1 saturated heterocycles. The van der Waals surface area contributed by atoms with Gasteiger partial charge in [0.05, 0.1) is 0 Å². The minimum atomic E-state index is 0.142. The van der Waals surface area contributed by atoms with Gasteiger partial charge in [0.15, 0.2) is 6.29 Å². The lowest BCUT2D eigenvalue weighted by Crippen LogP contribution is -2.40. The Morgan fingerprint density at radius 2 is 2.00 bits per heavy atom. The van der Waals surface area contributed by atoms with E-state index >= 15 is 0 Å². The maximum Gasteiger partial charge on any atom is 0.223 e. The molecule has 0 aromatic heterocycles. The van der Waals surface area contributed by atoms with E-state index in [1.54, 1.807) is 6.07 Å². The first-order valence-corrected chi connectivity index (χ1v) is 8.02. The van der Waals surface area contributed by atoms with E-state index in [-0.39, 0.29) is 11.8 Å². The average Bonchev–Trinajstić information content (AvgIpc) is 3.32. The first-order valence-electron chi connectivity index (χ1n) is 8.02. The van der Waals surface area contributed by atoms with Crippen molar-refractivity contribution in [3.05, 3.63) is 29.3 Å². The van der Waals surface area contributed by atoms with Crippen LogP contribution in [0, 0.1) is 5.92 Å². The van der Waals surface area contributed by atoms with Crippen molar-refractivity contribution in [3.8, 4) is 0 Å². The van der Waals surface area contributed by atoms with Crippen molar-refractivity contribution >= 4 is 17.9 Å². The summed E-state index contributed by atoms with van der Waals surface area (Å²) in [7, 11) is 0. The monoisotopic (exact) mass is 301 g/mol. The molecule has 2 aliphatic rings. The first-order chi connectivity index (χ1) is 10.7. The number of piperidine rings is 1. The van der Waals surface area contributed by atoms with E-state index in [0.717, 1.165) is 57.2 Å². The van der Waals surface area contributed by atoms with Crippen LogP contribution in [0.5, 0.6) is 0 Å². The van der Waals surface area contributed by atoms with Crippen molar-refractivity contribution in [2.24, 2.45) is 5.92 Å². The summed E-state index contributed by atoms with van der Waals surface area (Å²) < 4.78 is 0.